The highest BCUT2D eigenvalue weighted by atomic mass is 35.5. The van der Waals surface area contributed by atoms with Gasteiger partial charge in [0.1, 0.15) is 6.61 Å². The zero-order chi connectivity index (χ0) is 25.8. The molecule has 0 spiro atoms. The Morgan fingerprint density at radius 1 is 1.00 bits per heavy atom. The van der Waals surface area contributed by atoms with Crippen LogP contribution in [0.3, 0.4) is 0 Å². The molecule has 0 radical (unpaired) electrons. The van der Waals surface area contributed by atoms with E-state index in [4.69, 9.17) is 42.1 Å². The smallest absolute Gasteiger partial charge is 0.336 e. The number of nitrogens with zero attached hydrogens (tertiary/aromatic N) is 3. The Kier molecular flexibility index (Phi) is 7.45. The first-order valence-electron chi connectivity index (χ1n) is 11.5. The van der Waals surface area contributed by atoms with E-state index in [0.29, 0.717) is 64.1 Å². The van der Waals surface area contributed by atoms with Crippen molar-refractivity contribution in [1.82, 2.24) is 14.8 Å². The Morgan fingerprint density at radius 3 is 2.51 bits per heavy atom. The van der Waals surface area contributed by atoms with E-state index in [1.54, 1.807) is 35.0 Å². The maximum atomic E-state index is 12.7. The Morgan fingerprint density at radius 2 is 1.76 bits per heavy atom. The van der Waals surface area contributed by atoms with Crippen LogP contribution in [0.25, 0.3) is 17.1 Å². The molecule has 5 rings (SSSR count). The van der Waals surface area contributed by atoms with Gasteiger partial charge in [-0.2, -0.15) is 4.98 Å². The summed E-state index contributed by atoms with van der Waals surface area (Å²) in [6, 6.07) is 17.6. The summed E-state index contributed by atoms with van der Waals surface area (Å²) in [5, 5.41) is 8.15. The number of nitrogens with one attached hydrogen (secondary N) is 1. The van der Waals surface area contributed by atoms with Gasteiger partial charge >= 0.3 is 6.01 Å². The highest BCUT2D eigenvalue weighted by molar-refractivity contribution is 6.35. The quantitative estimate of drug-likeness (QED) is 0.274. The number of ether oxygens (including phenoxy) is 4. The van der Waals surface area contributed by atoms with Gasteiger partial charge in [0.05, 0.1) is 12.3 Å². The molecule has 0 fully saturated rings. The minimum absolute atomic E-state index is 0.172. The Hall–Kier alpha value is -3.79. The molecule has 1 amide bonds. The van der Waals surface area contributed by atoms with E-state index in [2.05, 4.69) is 15.4 Å². The predicted octanol–water partition coefficient (Wildman–Crippen LogP) is 5.64. The molecule has 0 saturated heterocycles. The van der Waals surface area contributed by atoms with E-state index in [9.17, 15) is 4.79 Å². The third-order valence-corrected chi connectivity index (χ3v) is 5.81. The van der Waals surface area contributed by atoms with Crippen LogP contribution < -0.4 is 19.5 Å². The van der Waals surface area contributed by atoms with Crippen molar-refractivity contribution < 1.29 is 23.7 Å². The summed E-state index contributed by atoms with van der Waals surface area (Å²) in [5.41, 5.74) is 2.43. The third kappa shape index (κ3) is 5.80. The minimum Gasteiger partial charge on any atom is -0.460 e. The second-order valence-electron chi connectivity index (χ2n) is 7.90. The second-order valence-corrected chi connectivity index (χ2v) is 8.78. The number of hydrogen-bond acceptors (Lipinski definition) is 7. The topological polar surface area (TPSA) is 96.7 Å². The van der Waals surface area contributed by atoms with Crippen LogP contribution in [-0.4, -0.2) is 47.3 Å². The molecule has 0 atom stereocenters. The molecule has 0 saturated carbocycles. The van der Waals surface area contributed by atoms with Crippen LogP contribution in [0.1, 0.15) is 17.3 Å². The van der Waals surface area contributed by atoms with Gasteiger partial charge in [-0.3, -0.25) is 4.79 Å². The van der Waals surface area contributed by atoms with Crippen molar-refractivity contribution in [3.8, 4) is 34.6 Å². The van der Waals surface area contributed by atoms with Crippen molar-refractivity contribution in [2.45, 2.75) is 6.92 Å². The SMILES string of the molecule is CCOCCOc1nc(-c2ccc3c(c2)OCO3)n(-c2ccc(NC(=O)c3cc(Cl)cc(Cl)c3)cc2)n1. The van der Waals surface area contributed by atoms with Gasteiger partial charge in [-0.1, -0.05) is 23.2 Å². The van der Waals surface area contributed by atoms with Gasteiger partial charge < -0.3 is 24.3 Å². The van der Waals surface area contributed by atoms with Crippen LogP contribution in [0, 0.1) is 0 Å². The van der Waals surface area contributed by atoms with Crippen molar-refractivity contribution in [2.24, 2.45) is 0 Å². The highest BCUT2D eigenvalue weighted by Crippen LogP contribution is 2.36. The summed E-state index contributed by atoms with van der Waals surface area (Å²) in [4.78, 5) is 17.2. The molecule has 1 aromatic heterocycles. The molecule has 11 heteroatoms. The molecule has 2 heterocycles. The number of rotatable bonds is 9. The summed E-state index contributed by atoms with van der Waals surface area (Å²) in [7, 11) is 0. The number of carbonyl (C=O) groups excluding carboxylic acids is 1. The van der Waals surface area contributed by atoms with E-state index in [0.717, 1.165) is 5.56 Å². The normalized spacial score (nSPS) is 12.0. The predicted molar refractivity (Wildman–Crippen MR) is 139 cm³/mol. The molecule has 1 N–H and O–H groups in total. The third-order valence-electron chi connectivity index (χ3n) is 5.38. The molecule has 0 bridgehead atoms. The summed E-state index contributed by atoms with van der Waals surface area (Å²) in [6.45, 7) is 3.43. The van der Waals surface area contributed by atoms with E-state index >= 15 is 0 Å². The van der Waals surface area contributed by atoms with Gasteiger partial charge in [-0.25, -0.2) is 4.68 Å². The van der Waals surface area contributed by atoms with Gasteiger partial charge in [0.15, 0.2) is 17.3 Å². The van der Waals surface area contributed by atoms with Crippen molar-refractivity contribution >= 4 is 34.8 Å². The van der Waals surface area contributed by atoms with Crippen LogP contribution >= 0.6 is 23.2 Å². The number of halogens is 2. The lowest BCUT2D eigenvalue weighted by Gasteiger charge is -2.09. The molecule has 37 heavy (non-hydrogen) atoms. The van der Waals surface area contributed by atoms with E-state index in [1.165, 1.54) is 0 Å². The van der Waals surface area contributed by atoms with Crippen molar-refractivity contribution in [2.75, 3.05) is 31.9 Å². The molecule has 190 valence electrons. The summed E-state index contributed by atoms with van der Waals surface area (Å²) < 4.78 is 23.7. The summed E-state index contributed by atoms with van der Waals surface area (Å²) in [6.07, 6.45) is 0. The second kappa shape index (κ2) is 11.1. The minimum atomic E-state index is -0.330. The van der Waals surface area contributed by atoms with Crippen LogP contribution in [0.5, 0.6) is 17.5 Å². The largest absolute Gasteiger partial charge is 0.460 e. The fraction of sp³-hybridized carbons (Fsp3) is 0.192. The van der Waals surface area contributed by atoms with Crippen molar-refractivity contribution in [3.63, 3.8) is 0 Å². The molecule has 1 aliphatic heterocycles. The number of anilines is 1. The molecule has 9 nitrogen and oxygen atoms in total. The van der Waals surface area contributed by atoms with E-state index in [1.807, 2.05) is 37.3 Å². The van der Waals surface area contributed by atoms with Gasteiger partial charge in [0.2, 0.25) is 6.79 Å². The Balaban J connectivity index is 1.40. The van der Waals surface area contributed by atoms with E-state index < -0.39 is 0 Å². The molecule has 1 aliphatic rings. The standard InChI is InChI=1S/C26H22Cl2N4O5/c1-2-34-9-10-35-26-30-24(16-3-8-22-23(13-16)37-15-36-22)32(31-26)21-6-4-20(5-7-21)29-25(33)17-11-18(27)14-19(28)12-17/h3-8,11-14H,2,9-10,15H2,1H3,(H,29,33). The zero-order valence-corrected chi connectivity index (χ0v) is 21.3. The van der Waals surface area contributed by atoms with Crippen LogP contribution in [0.15, 0.2) is 60.7 Å². The lowest BCUT2D eigenvalue weighted by Crippen LogP contribution is -2.12. The van der Waals surface area contributed by atoms with Crippen LogP contribution in [-0.2, 0) is 4.74 Å². The maximum Gasteiger partial charge on any atom is 0.336 e. The number of aromatic nitrogens is 3. The first kappa shape index (κ1) is 24.9. The summed E-state index contributed by atoms with van der Waals surface area (Å²) in [5.74, 6) is 1.52. The summed E-state index contributed by atoms with van der Waals surface area (Å²) >= 11 is 12.0. The van der Waals surface area contributed by atoms with Crippen LogP contribution in [0.2, 0.25) is 10.0 Å². The van der Waals surface area contributed by atoms with Gasteiger partial charge in [0.25, 0.3) is 5.91 Å². The average Bonchev–Trinajstić information content (AvgIpc) is 3.53. The maximum absolute atomic E-state index is 12.7. The number of fused-ring (bicyclic) bond motifs is 1. The first-order valence-corrected chi connectivity index (χ1v) is 12.2. The van der Waals surface area contributed by atoms with E-state index in [-0.39, 0.29) is 18.7 Å². The molecular weight excluding hydrogens is 519 g/mol. The Labute approximate surface area is 222 Å². The van der Waals surface area contributed by atoms with Crippen molar-refractivity contribution in [3.05, 3.63) is 76.3 Å². The zero-order valence-electron chi connectivity index (χ0n) is 19.7. The van der Waals surface area contributed by atoms with Gasteiger partial charge in [-0.05, 0) is 67.6 Å². The lowest BCUT2D eigenvalue weighted by atomic mass is 10.2. The van der Waals surface area contributed by atoms with Crippen LogP contribution in [0.4, 0.5) is 5.69 Å². The number of hydrogen-bond donors (Lipinski definition) is 1. The number of amides is 1. The van der Waals surface area contributed by atoms with Gasteiger partial charge in [-0.15, -0.1) is 5.10 Å². The highest BCUT2D eigenvalue weighted by Gasteiger charge is 2.19. The molecule has 0 unspecified atom stereocenters. The Bertz CT molecular complexity index is 1400. The first-order chi connectivity index (χ1) is 18.0. The lowest BCUT2D eigenvalue weighted by molar-refractivity contribution is 0.102. The number of benzene rings is 3. The van der Waals surface area contributed by atoms with Crippen molar-refractivity contribution in [1.29, 1.82) is 0 Å². The fourth-order valence-corrected chi connectivity index (χ4v) is 4.19. The molecule has 4 aromatic rings. The van der Waals surface area contributed by atoms with Gasteiger partial charge in [0, 0.05) is 33.5 Å². The number of carbonyl (C=O) groups is 1. The molecule has 3 aromatic carbocycles. The average molecular weight is 541 g/mol. The molecule has 0 aliphatic carbocycles. The fourth-order valence-electron chi connectivity index (χ4n) is 3.67. The monoisotopic (exact) mass is 540 g/mol. The molecular formula is C26H22Cl2N4O5.